The van der Waals surface area contributed by atoms with Crippen LogP contribution in [0.4, 0.5) is 5.69 Å². The van der Waals surface area contributed by atoms with Gasteiger partial charge in [0.2, 0.25) is 0 Å². The van der Waals surface area contributed by atoms with E-state index in [2.05, 4.69) is 15.1 Å². The molecule has 1 heterocycles. The standard InChI is InChI=1S/C17H18N4O3/c22-17(14-4-3-7-16(10-14)21(23)24)19-18-11-13-8-9-20(12-13)15-5-1-2-6-15/h3-4,7-12,15H,1-2,5-6H2,(H,19,22)/b18-11-. The SMILES string of the molecule is O=C(N/N=C\c1ccn(C2CCCC2)c1)c1cccc([N+](=O)[O-])c1. The Balaban J connectivity index is 1.60. The van der Waals surface area contributed by atoms with Gasteiger partial charge in [-0.1, -0.05) is 18.9 Å². The molecule has 1 N–H and O–H groups in total. The van der Waals surface area contributed by atoms with Gasteiger partial charge in [0, 0.05) is 41.7 Å². The fraction of sp³-hybridized carbons (Fsp3) is 0.294. The van der Waals surface area contributed by atoms with Crippen LogP contribution in [0.2, 0.25) is 0 Å². The third kappa shape index (κ3) is 3.68. The Hall–Kier alpha value is -2.96. The minimum atomic E-state index is -0.536. The molecular formula is C17H18N4O3. The molecule has 0 atom stereocenters. The Labute approximate surface area is 139 Å². The predicted molar refractivity (Wildman–Crippen MR) is 90.1 cm³/mol. The van der Waals surface area contributed by atoms with Gasteiger partial charge in [0.15, 0.2) is 0 Å². The van der Waals surface area contributed by atoms with E-state index in [4.69, 9.17) is 0 Å². The molecule has 0 bridgehead atoms. The zero-order chi connectivity index (χ0) is 16.9. The van der Waals surface area contributed by atoms with Crippen molar-refractivity contribution < 1.29 is 9.72 Å². The Bertz CT molecular complexity index is 776. The van der Waals surface area contributed by atoms with Gasteiger partial charge in [-0.3, -0.25) is 14.9 Å². The quantitative estimate of drug-likeness (QED) is 0.519. The van der Waals surface area contributed by atoms with Crippen molar-refractivity contribution in [1.82, 2.24) is 9.99 Å². The third-order valence-electron chi connectivity index (χ3n) is 4.18. The van der Waals surface area contributed by atoms with Crippen LogP contribution in [0.15, 0.2) is 47.8 Å². The molecule has 1 fully saturated rings. The van der Waals surface area contributed by atoms with Gasteiger partial charge in [0.1, 0.15) is 0 Å². The Kier molecular flexibility index (Phi) is 4.69. The lowest BCUT2D eigenvalue weighted by Gasteiger charge is -2.10. The monoisotopic (exact) mass is 326 g/mol. The second-order valence-corrected chi connectivity index (χ2v) is 5.84. The highest BCUT2D eigenvalue weighted by Crippen LogP contribution is 2.29. The molecular weight excluding hydrogens is 308 g/mol. The molecule has 1 aromatic carbocycles. The van der Waals surface area contributed by atoms with Gasteiger partial charge in [-0.2, -0.15) is 5.10 Å². The summed E-state index contributed by atoms with van der Waals surface area (Å²) in [6.45, 7) is 0. The first-order chi connectivity index (χ1) is 11.6. The number of nitrogens with one attached hydrogen (secondary N) is 1. The molecule has 124 valence electrons. The summed E-state index contributed by atoms with van der Waals surface area (Å²) in [6.07, 6.45) is 10.6. The summed E-state index contributed by atoms with van der Waals surface area (Å²) < 4.78 is 2.19. The first kappa shape index (κ1) is 15.9. The molecule has 0 spiro atoms. The van der Waals surface area contributed by atoms with Crippen LogP contribution in [0, 0.1) is 10.1 Å². The number of aromatic nitrogens is 1. The molecule has 1 aliphatic carbocycles. The largest absolute Gasteiger partial charge is 0.351 e. The van der Waals surface area contributed by atoms with Crippen molar-refractivity contribution in [3.8, 4) is 0 Å². The van der Waals surface area contributed by atoms with Crippen LogP contribution in [0.25, 0.3) is 0 Å². The highest BCUT2D eigenvalue weighted by molar-refractivity contribution is 5.95. The maximum Gasteiger partial charge on any atom is 0.271 e. The van der Waals surface area contributed by atoms with Crippen LogP contribution in [0.1, 0.15) is 47.6 Å². The van der Waals surface area contributed by atoms with E-state index in [0.717, 1.165) is 5.56 Å². The number of nitro benzene ring substituents is 1. The minimum absolute atomic E-state index is 0.125. The Morgan fingerprint density at radius 3 is 2.88 bits per heavy atom. The average Bonchev–Trinajstić information content (AvgIpc) is 3.26. The summed E-state index contributed by atoms with van der Waals surface area (Å²) in [5.74, 6) is -0.481. The summed E-state index contributed by atoms with van der Waals surface area (Å²) in [5.41, 5.74) is 3.37. The van der Waals surface area contributed by atoms with Crippen molar-refractivity contribution in [3.63, 3.8) is 0 Å². The maximum absolute atomic E-state index is 12.0. The molecule has 7 heteroatoms. The van der Waals surface area contributed by atoms with Gasteiger partial charge >= 0.3 is 0 Å². The van der Waals surface area contributed by atoms with E-state index in [1.807, 2.05) is 18.5 Å². The summed E-state index contributed by atoms with van der Waals surface area (Å²) in [7, 11) is 0. The number of carbonyl (C=O) groups excluding carboxylic acids is 1. The van der Waals surface area contributed by atoms with Crippen molar-refractivity contribution in [1.29, 1.82) is 0 Å². The van der Waals surface area contributed by atoms with Gasteiger partial charge in [-0.15, -0.1) is 0 Å². The lowest BCUT2D eigenvalue weighted by molar-refractivity contribution is -0.384. The summed E-state index contributed by atoms with van der Waals surface area (Å²) >= 11 is 0. The van der Waals surface area contributed by atoms with Crippen molar-refractivity contribution in [2.45, 2.75) is 31.7 Å². The second kappa shape index (κ2) is 7.08. The molecule has 3 rings (SSSR count). The average molecular weight is 326 g/mol. The molecule has 0 radical (unpaired) electrons. The smallest absolute Gasteiger partial charge is 0.271 e. The van der Waals surface area contributed by atoms with Crippen LogP contribution in [-0.4, -0.2) is 21.6 Å². The van der Waals surface area contributed by atoms with Crippen molar-refractivity contribution >= 4 is 17.8 Å². The Morgan fingerprint density at radius 1 is 1.33 bits per heavy atom. The predicted octanol–water partition coefficient (Wildman–Crippen LogP) is 3.28. The lowest BCUT2D eigenvalue weighted by atomic mass is 10.2. The number of rotatable bonds is 5. The van der Waals surface area contributed by atoms with Gasteiger partial charge in [0.25, 0.3) is 11.6 Å². The molecule has 0 unspecified atom stereocenters. The zero-order valence-corrected chi connectivity index (χ0v) is 13.1. The number of nitro groups is 1. The molecule has 24 heavy (non-hydrogen) atoms. The van der Waals surface area contributed by atoms with E-state index in [-0.39, 0.29) is 11.3 Å². The van der Waals surface area contributed by atoms with E-state index in [9.17, 15) is 14.9 Å². The van der Waals surface area contributed by atoms with E-state index in [1.165, 1.54) is 49.9 Å². The summed E-state index contributed by atoms with van der Waals surface area (Å²) in [5, 5.41) is 14.7. The summed E-state index contributed by atoms with van der Waals surface area (Å²) in [4.78, 5) is 22.2. The highest BCUT2D eigenvalue weighted by Gasteiger charge is 2.16. The molecule has 1 saturated carbocycles. The number of hydrogen-bond donors (Lipinski definition) is 1. The number of non-ortho nitro benzene ring substituents is 1. The van der Waals surface area contributed by atoms with E-state index in [0.29, 0.717) is 6.04 Å². The third-order valence-corrected chi connectivity index (χ3v) is 4.18. The molecule has 2 aromatic rings. The molecule has 0 aliphatic heterocycles. The van der Waals surface area contributed by atoms with E-state index in [1.54, 1.807) is 6.21 Å². The van der Waals surface area contributed by atoms with Crippen LogP contribution >= 0.6 is 0 Å². The molecule has 0 saturated heterocycles. The van der Waals surface area contributed by atoms with Gasteiger partial charge < -0.3 is 4.57 Å². The van der Waals surface area contributed by atoms with Crippen molar-refractivity contribution in [2.75, 3.05) is 0 Å². The summed E-state index contributed by atoms with van der Waals surface area (Å²) in [6, 6.07) is 8.05. The molecule has 1 aromatic heterocycles. The normalized spacial score (nSPS) is 15.0. The lowest BCUT2D eigenvalue weighted by Crippen LogP contribution is -2.17. The van der Waals surface area contributed by atoms with Crippen LogP contribution in [0.5, 0.6) is 0 Å². The fourth-order valence-corrected chi connectivity index (χ4v) is 2.93. The van der Waals surface area contributed by atoms with Crippen molar-refractivity contribution in [3.05, 3.63) is 64.0 Å². The molecule has 7 nitrogen and oxygen atoms in total. The second-order valence-electron chi connectivity index (χ2n) is 5.84. The number of carbonyl (C=O) groups is 1. The van der Waals surface area contributed by atoms with Crippen LogP contribution < -0.4 is 5.43 Å². The number of hydrazone groups is 1. The number of hydrogen-bond acceptors (Lipinski definition) is 4. The maximum atomic E-state index is 12.0. The van der Waals surface area contributed by atoms with Crippen LogP contribution in [-0.2, 0) is 0 Å². The first-order valence-corrected chi connectivity index (χ1v) is 7.89. The molecule has 1 aliphatic rings. The Morgan fingerprint density at radius 2 is 2.12 bits per heavy atom. The number of amides is 1. The fourth-order valence-electron chi connectivity index (χ4n) is 2.93. The first-order valence-electron chi connectivity index (χ1n) is 7.89. The van der Waals surface area contributed by atoms with Gasteiger partial charge in [0.05, 0.1) is 11.1 Å². The topological polar surface area (TPSA) is 89.5 Å². The minimum Gasteiger partial charge on any atom is -0.351 e. The highest BCUT2D eigenvalue weighted by atomic mass is 16.6. The van der Waals surface area contributed by atoms with Crippen molar-refractivity contribution in [2.24, 2.45) is 5.10 Å². The number of benzene rings is 1. The molecule has 1 amide bonds. The van der Waals surface area contributed by atoms with E-state index < -0.39 is 10.8 Å². The van der Waals surface area contributed by atoms with Crippen LogP contribution in [0.3, 0.4) is 0 Å². The zero-order valence-electron chi connectivity index (χ0n) is 13.1. The van der Waals surface area contributed by atoms with Gasteiger partial charge in [-0.25, -0.2) is 5.43 Å². The van der Waals surface area contributed by atoms with E-state index >= 15 is 0 Å². The van der Waals surface area contributed by atoms with Gasteiger partial charge in [-0.05, 0) is 25.0 Å². The number of nitrogens with zero attached hydrogens (tertiary/aromatic N) is 3.